The number of likely N-dealkylation sites (tertiary alicyclic amines) is 1. The molecular formula is C17H21N3O4. The average molecular weight is 331 g/mol. The molecule has 1 atom stereocenters. The summed E-state index contributed by atoms with van der Waals surface area (Å²) in [6, 6.07) is 6.88. The largest absolute Gasteiger partial charge is 0.497 e. The number of hydrogen-bond acceptors (Lipinski definition) is 5. The molecule has 1 aliphatic heterocycles. The zero-order valence-corrected chi connectivity index (χ0v) is 14.0. The fourth-order valence-electron chi connectivity index (χ4n) is 2.92. The number of nitrogens with one attached hydrogen (secondary N) is 1. The van der Waals surface area contributed by atoms with Crippen LogP contribution in [0.3, 0.4) is 0 Å². The van der Waals surface area contributed by atoms with Crippen molar-refractivity contribution in [1.29, 1.82) is 0 Å². The first-order valence-electron chi connectivity index (χ1n) is 7.84. The van der Waals surface area contributed by atoms with Crippen LogP contribution in [-0.4, -0.2) is 36.9 Å². The zero-order chi connectivity index (χ0) is 17.1. The third kappa shape index (κ3) is 3.29. The topological polar surface area (TPSA) is 76.8 Å². The molecule has 0 aliphatic carbocycles. The Morgan fingerprint density at radius 1 is 1.25 bits per heavy atom. The van der Waals surface area contributed by atoms with Crippen LogP contribution in [0.5, 0.6) is 11.5 Å². The van der Waals surface area contributed by atoms with E-state index >= 15 is 0 Å². The first-order valence-corrected chi connectivity index (χ1v) is 7.84. The van der Waals surface area contributed by atoms with Crippen molar-refractivity contribution in [3.8, 4) is 11.5 Å². The minimum absolute atomic E-state index is 0.0845. The summed E-state index contributed by atoms with van der Waals surface area (Å²) in [6.07, 6.45) is 1.79. The van der Waals surface area contributed by atoms with Crippen molar-refractivity contribution in [2.45, 2.75) is 25.8 Å². The van der Waals surface area contributed by atoms with E-state index in [0.717, 1.165) is 24.3 Å². The summed E-state index contributed by atoms with van der Waals surface area (Å²) in [4.78, 5) is 14.4. The maximum Gasteiger partial charge on any atom is 0.322 e. The number of aromatic nitrogens is 1. The van der Waals surface area contributed by atoms with E-state index < -0.39 is 0 Å². The number of anilines is 1. The summed E-state index contributed by atoms with van der Waals surface area (Å²) < 4.78 is 15.8. The van der Waals surface area contributed by atoms with Crippen LogP contribution in [-0.2, 0) is 0 Å². The standard InChI is InChI=1S/C17H21N3O4/c1-11-7-16(24-19-11)15-5-4-6-20(15)17(21)18-12-8-13(22-2)10-14(9-12)23-3/h7-10,15H,4-6H2,1-3H3,(H,18,21). The number of urea groups is 1. The highest BCUT2D eigenvalue weighted by atomic mass is 16.5. The number of methoxy groups -OCH3 is 2. The summed E-state index contributed by atoms with van der Waals surface area (Å²) in [6.45, 7) is 2.55. The van der Waals surface area contributed by atoms with Gasteiger partial charge in [0.25, 0.3) is 0 Å². The fraction of sp³-hybridized carbons (Fsp3) is 0.412. The van der Waals surface area contributed by atoms with E-state index in [1.807, 2.05) is 13.0 Å². The van der Waals surface area contributed by atoms with Crippen molar-refractivity contribution in [2.24, 2.45) is 0 Å². The predicted octanol–water partition coefficient (Wildman–Crippen LogP) is 3.37. The molecule has 0 saturated carbocycles. The Morgan fingerprint density at radius 3 is 2.54 bits per heavy atom. The molecule has 1 fully saturated rings. The maximum absolute atomic E-state index is 12.7. The fourth-order valence-corrected chi connectivity index (χ4v) is 2.92. The van der Waals surface area contributed by atoms with Gasteiger partial charge in [0, 0.05) is 36.5 Å². The van der Waals surface area contributed by atoms with Crippen LogP contribution < -0.4 is 14.8 Å². The van der Waals surface area contributed by atoms with E-state index in [2.05, 4.69) is 10.5 Å². The highest BCUT2D eigenvalue weighted by Crippen LogP contribution is 2.33. The van der Waals surface area contributed by atoms with Crippen molar-refractivity contribution in [2.75, 3.05) is 26.1 Å². The molecule has 1 N–H and O–H groups in total. The van der Waals surface area contributed by atoms with Crippen LogP contribution in [0.4, 0.5) is 10.5 Å². The summed E-state index contributed by atoms with van der Waals surface area (Å²) in [5.74, 6) is 1.96. The number of benzene rings is 1. The second-order valence-electron chi connectivity index (χ2n) is 5.75. The number of nitrogens with zero attached hydrogens (tertiary/aromatic N) is 2. The lowest BCUT2D eigenvalue weighted by atomic mass is 10.1. The second-order valence-corrected chi connectivity index (χ2v) is 5.75. The minimum atomic E-state index is -0.179. The Hall–Kier alpha value is -2.70. The third-order valence-electron chi connectivity index (χ3n) is 4.09. The molecule has 0 radical (unpaired) electrons. The van der Waals surface area contributed by atoms with Crippen LogP contribution in [0.25, 0.3) is 0 Å². The number of aryl methyl sites for hydroxylation is 1. The molecule has 1 aromatic heterocycles. The van der Waals surface area contributed by atoms with Gasteiger partial charge in [0.2, 0.25) is 0 Å². The Bertz CT molecular complexity index is 706. The van der Waals surface area contributed by atoms with Crippen LogP contribution in [0.1, 0.15) is 30.3 Å². The van der Waals surface area contributed by atoms with Crippen LogP contribution in [0.2, 0.25) is 0 Å². The lowest BCUT2D eigenvalue weighted by Gasteiger charge is -2.23. The van der Waals surface area contributed by atoms with Gasteiger partial charge in [0.1, 0.15) is 11.5 Å². The molecule has 2 heterocycles. The molecule has 0 spiro atoms. The van der Waals surface area contributed by atoms with Crippen LogP contribution >= 0.6 is 0 Å². The summed E-state index contributed by atoms with van der Waals surface area (Å²) in [5.41, 5.74) is 1.44. The molecule has 2 amide bonds. The number of ether oxygens (including phenoxy) is 2. The normalized spacial score (nSPS) is 17.0. The summed E-state index contributed by atoms with van der Waals surface area (Å²) >= 11 is 0. The minimum Gasteiger partial charge on any atom is -0.497 e. The molecule has 0 bridgehead atoms. The van der Waals surface area contributed by atoms with E-state index in [9.17, 15) is 4.79 Å². The van der Waals surface area contributed by atoms with E-state index in [0.29, 0.717) is 23.7 Å². The van der Waals surface area contributed by atoms with Gasteiger partial charge < -0.3 is 24.2 Å². The lowest BCUT2D eigenvalue weighted by Crippen LogP contribution is -2.34. The molecule has 1 aliphatic rings. The van der Waals surface area contributed by atoms with Gasteiger partial charge in [-0.15, -0.1) is 0 Å². The number of hydrogen-bond donors (Lipinski definition) is 1. The average Bonchev–Trinajstić information content (AvgIpc) is 3.22. The van der Waals surface area contributed by atoms with E-state index in [1.54, 1.807) is 37.3 Å². The van der Waals surface area contributed by atoms with Gasteiger partial charge in [-0.2, -0.15) is 0 Å². The highest BCUT2D eigenvalue weighted by Gasteiger charge is 2.32. The van der Waals surface area contributed by atoms with E-state index in [1.165, 1.54) is 0 Å². The molecule has 1 saturated heterocycles. The first-order chi connectivity index (χ1) is 11.6. The quantitative estimate of drug-likeness (QED) is 0.929. The predicted molar refractivity (Wildman–Crippen MR) is 88.5 cm³/mol. The van der Waals surface area contributed by atoms with Gasteiger partial charge in [-0.25, -0.2) is 4.79 Å². The van der Waals surface area contributed by atoms with E-state index in [-0.39, 0.29) is 12.1 Å². The Labute approximate surface area is 140 Å². The van der Waals surface area contributed by atoms with Crippen molar-refractivity contribution in [3.63, 3.8) is 0 Å². The van der Waals surface area contributed by atoms with Gasteiger partial charge in [-0.05, 0) is 19.8 Å². The maximum atomic E-state index is 12.7. The summed E-state index contributed by atoms with van der Waals surface area (Å²) in [7, 11) is 3.15. The molecule has 7 nitrogen and oxygen atoms in total. The highest BCUT2D eigenvalue weighted by molar-refractivity contribution is 5.90. The van der Waals surface area contributed by atoms with Crippen LogP contribution in [0.15, 0.2) is 28.8 Å². The molecular weight excluding hydrogens is 310 g/mol. The monoisotopic (exact) mass is 331 g/mol. The van der Waals surface area contributed by atoms with Crippen molar-refractivity contribution < 1.29 is 18.8 Å². The van der Waals surface area contributed by atoms with Gasteiger partial charge in [0.05, 0.1) is 26.0 Å². The molecule has 2 aromatic rings. The molecule has 1 aromatic carbocycles. The lowest BCUT2D eigenvalue weighted by molar-refractivity contribution is 0.195. The Kier molecular flexibility index (Phi) is 4.59. The van der Waals surface area contributed by atoms with Gasteiger partial charge in [0.15, 0.2) is 5.76 Å². The van der Waals surface area contributed by atoms with Crippen molar-refractivity contribution in [3.05, 3.63) is 35.7 Å². The van der Waals surface area contributed by atoms with Gasteiger partial charge >= 0.3 is 6.03 Å². The van der Waals surface area contributed by atoms with Crippen molar-refractivity contribution >= 4 is 11.7 Å². The van der Waals surface area contributed by atoms with Gasteiger partial charge in [-0.3, -0.25) is 0 Å². The molecule has 24 heavy (non-hydrogen) atoms. The first kappa shape index (κ1) is 16.2. The third-order valence-corrected chi connectivity index (χ3v) is 4.09. The molecule has 128 valence electrons. The number of rotatable bonds is 4. The summed E-state index contributed by atoms with van der Waals surface area (Å²) in [5, 5.41) is 6.82. The molecule has 1 unspecified atom stereocenters. The number of amides is 2. The zero-order valence-electron chi connectivity index (χ0n) is 14.0. The second kappa shape index (κ2) is 6.82. The smallest absolute Gasteiger partial charge is 0.322 e. The number of carbonyl (C=O) groups is 1. The molecule has 3 rings (SSSR count). The number of carbonyl (C=O) groups excluding carboxylic acids is 1. The Balaban J connectivity index is 1.76. The molecule has 7 heteroatoms. The SMILES string of the molecule is COc1cc(NC(=O)N2CCCC2c2cc(C)no2)cc(OC)c1. The van der Waals surface area contributed by atoms with Crippen LogP contribution in [0, 0.1) is 6.92 Å². The van der Waals surface area contributed by atoms with Crippen molar-refractivity contribution in [1.82, 2.24) is 10.1 Å². The van der Waals surface area contributed by atoms with E-state index in [4.69, 9.17) is 14.0 Å². The van der Waals surface area contributed by atoms with Gasteiger partial charge in [-0.1, -0.05) is 5.16 Å². The Morgan fingerprint density at radius 2 is 1.96 bits per heavy atom.